The molecule has 0 unspecified atom stereocenters. The van der Waals surface area contributed by atoms with Crippen molar-refractivity contribution in [2.45, 2.75) is 6.54 Å². The van der Waals surface area contributed by atoms with Gasteiger partial charge in [-0.2, -0.15) is 5.10 Å². The van der Waals surface area contributed by atoms with E-state index < -0.39 is 0 Å². The molecule has 1 amide bonds. The van der Waals surface area contributed by atoms with Gasteiger partial charge in [0.05, 0.1) is 31.0 Å². The fourth-order valence-corrected chi connectivity index (χ4v) is 4.15. The number of amides is 1. The largest absolute Gasteiger partial charge is 0.497 e. The van der Waals surface area contributed by atoms with Gasteiger partial charge in [0, 0.05) is 4.88 Å². The number of hydrogen-bond donors (Lipinski definition) is 0. The Morgan fingerprint density at radius 1 is 1.17 bits per heavy atom. The van der Waals surface area contributed by atoms with E-state index in [0.29, 0.717) is 22.4 Å². The van der Waals surface area contributed by atoms with Crippen molar-refractivity contribution in [1.82, 2.24) is 4.90 Å². The fraction of sp³-hybridized carbons (Fsp3) is 0.0952. The molecule has 6 nitrogen and oxygen atoms in total. The molecule has 0 bridgehead atoms. The van der Waals surface area contributed by atoms with Gasteiger partial charge in [0.25, 0.3) is 5.91 Å². The third kappa shape index (κ3) is 4.67. The zero-order chi connectivity index (χ0) is 20.1. The Morgan fingerprint density at radius 2 is 2.03 bits per heavy atom. The topological polar surface area (TPSA) is 67.4 Å². The van der Waals surface area contributed by atoms with Crippen molar-refractivity contribution < 1.29 is 13.9 Å². The Kier molecular flexibility index (Phi) is 5.92. The number of thioether (sulfide) groups is 1. The predicted molar refractivity (Wildman–Crippen MR) is 117 cm³/mol. The lowest BCUT2D eigenvalue weighted by molar-refractivity contribution is -0.122. The number of rotatable bonds is 6. The zero-order valence-electron chi connectivity index (χ0n) is 15.5. The first-order valence-electron chi connectivity index (χ1n) is 8.75. The van der Waals surface area contributed by atoms with Crippen LogP contribution in [0.3, 0.4) is 0 Å². The van der Waals surface area contributed by atoms with E-state index in [0.717, 1.165) is 16.2 Å². The fourth-order valence-electron chi connectivity index (χ4n) is 2.63. The summed E-state index contributed by atoms with van der Waals surface area (Å²) >= 11 is 2.87. The van der Waals surface area contributed by atoms with E-state index in [4.69, 9.17) is 9.15 Å². The van der Waals surface area contributed by atoms with Crippen LogP contribution in [0.15, 0.2) is 79.7 Å². The maximum atomic E-state index is 13.0. The molecule has 29 heavy (non-hydrogen) atoms. The highest BCUT2D eigenvalue weighted by Gasteiger charge is 2.34. The van der Waals surface area contributed by atoms with Crippen LogP contribution in [0.2, 0.25) is 0 Å². The molecule has 1 aliphatic rings. The molecule has 0 aliphatic carbocycles. The van der Waals surface area contributed by atoms with Gasteiger partial charge in [-0.1, -0.05) is 18.2 Å². The van der Waals surface area contributed by atoms with Crippen LogP contribution in [0.1, 0.15) is 16.2 Å². The first-order chi connectivity index (χ1) is 14.2. The number of methoxy groups -OCH3 is 1. The Balaban J connectivity index is 1.60. The number of nitrogens with zero attached hydrogens (tertiary/aromatic N) is 3. The molecule has 1 saturated heterocycles. The molecule has 1 aromatic carbocycles. The molecule has 2 aromatic heterocycles. The minimum absolute atomic E-state index is 0.132. The molecule has 0 saturated carbocycles. The molecule has 1 fully saturated rings. The monoisotopic (exact) mass is 423 g/mol. The van der Waals surface area contributed by atoms with Crippen molar-refractivity contribution in [3.63, 3.8) is 0 Å². The molecule has 0 spiro atoms. The van der Waals surface area contributed by atoms with Gasteiger partial charge in [-0.25, -0.2) is 0 Å². The van der Waals surface area contributed by atoms with Crippen LogP contribution in [0.4, 0.5) is 0 Å². The summed E-state index contributed by atoms with van der Waals surface area (Å²) in [5.74, 6) is 1.31. The van der Waals surface area contributed by atoms with Gasteiger partial charge < -0.3 is 9.15 Å². The van der Waals surface area contributed by atoms with Crippen LogP contribution in [0.5, 0.6) is 5.75 Å². The third-order valence-electron chi connectivity index (χ3n) is 4.07. The number of carbonyl (C=O) groups excluding carboxylic acids is 1. The Labute approximate surface area is 176 Å². The van der Waals surface area contributed by atoms with Crippen LogP contribution < -0.4 is 4.74 Å². The summed E-state index contributed by atoms with van der Waals surface area (Å²) in [6, 6.07) is 15.1. The molecule has 3 heterocycles. The minimum Gasteiger partial charge on any atom is -0.497 e. The summed E-state index contributed by atoms with van der Waals surface area (Å²) in [6.45, 7) is 0.298. The van der Waals surface area contributed by atoms with Crippen molar-refractivity contribution in [3.05, 3.63) is 81.3 Å². The van der Waals surface area contributed by atoms with Gasteiger partial charge in [0.2, 0.25) is 0 Å². The highest BCUT2D eigenvalue weighted by atomic mass is 32.2. The van der Waals surface area contributed by atoms with Crippen LogP contribution in [0, 0.1) is 0 Å². The normalized spacial score (nSPS) is 17.1. The number of thiophene rings is 1. The molecule has 0 radical (unpaired) electrons. The van der Waals surface area contributed by atoms with E-state index in [1.807, 2.05) is 53.9 Å². The molecular weight excluding hydrogens is 406 g/mol. The van der Waals surface area contributed by atoms with Crippen molar-refractivity contribution >= 4 is 46.5 Å². The van der Waals surface area contributed by atoms with Crippen molar-refractivity contribution in [2.24, 2.45) is 10.2 Å². The van der Waals surface area contributed by atoms with E-state index >= 15 is 0 Å². The second-order valence-corrected chi connectivity index (χ2v) is 7.99. The number of furan rings is 1. The summed E-state index contributed by atoms with van der Waals surface area (Å²) in [5.41, 5.74) is 0.905. The molecule has 4 rings (SSSR count). The van der Waals surface area contributed by atoms with Gasteiger partial charge in [-0.05, 0) is 59.1 Å². The summed E-state index contributed by atoms with van der Waals surface area (Å²) in [4.78, 5) is 16.1. The van der Waals surface area contributed by atoms with Crippen molar-refractivity contribution in [2.75, 3.05) is 7.11 Å². The lowest BCUT2D eigenvalue weighted by Gasteiger charge is -2.12. The number of benzene rings is 1. The van der Waals surface area contributed by atoms with Gasteiger partial charge in [0.1, 0.15) is 11.5 Å². The van der Waals surface area contributed by atoms with E-state index in [-0.39, 0.29) is 5.91 Å². The smallest absolute Gasteiger partial charge is 0.267 e. The lowest BCUT2D eigenvalue weighted by atomic mass is 10.2. The first kappa shape index (κ1) is 19.2. The average molecular weight is 424 g/mol. The van der Waals surface area contributed by atoms with E-state index in [9.17, 15) is 4.79 Å². The summed E-state index contributed by atoms with van der Waals surface area (Å²) < 4.78 is 10.6. The number of ether oxygens (including phenoxy) is 1. The van der Waals surface area contributed by atoms with Crippen molar-refractivity contribution in [1.29, 1.82) is 0 Å². The highest BCUT2D eigenvalue weighted by Crippen LogP contribution is 2.34. The van der Waals surface area contributed by atoms with E-state index in [2.05, 4.69) is 10.2 Å². The van der Waals surface area contributed by atoms with Gasteiger partial charge in [-0.3, -0.25) is 9.69 Å². The standard InChI is InChI=1S/C21H17N3O3S2/c1-26-16-8-6-15(7-9-16)12-19-20(25)24(14-17-4-2-10-27-17)21(29-19)23-22-13-18-5-3-11-28-18/h2-13H,14H2,1H3/b19-12-,22-13-,23-21+. The van der Waals surface area contributed by atoms with Crippen LogP contribution in [-0.4, -0.2) is 29.3 Å². The second-order valence-electron chi connectivity index (χ2n) is 6.00. The second kappa shape index (κ2) is 8.93. The summed E-state index contributed by atoms with van der Waals surface area (Å²) in [7, 11) is 1.62. The number of carbonyl (C=O) groups is 1. The molecule has 0 atom stereocenters. The lowest BCUT2D eigenvalue weighted by Crippen LogP contribution is -2.28. The minimum atomic E-state index is -0.132. The van der Waals surface area contributed by atoms with Gasteiger partial charge in [0.15, 0.2) is 5.17 Å². The molecule has 8 heteroatoms. The SMILES string of the molecule is COc1ccc(/C=C2\S/C(=N/N=C\c3cccs3)N(Cc3ccco3)C2=O)cc1. The maximum absolute atomic E-state index is 13.0. The zero-order valence-corrected chi connectivity index (χ0v) is 17.2. The summed E-state index contributed by atoms with van der Waals surface area (Å²) in [5, 5.41) is 10.9. The van der Waals surface area contributed by atoms with Crippen molar-refractivity contribution in [3.8, 4) is 5.75 Å². The highest BCUT2D eigenvalue weighted by molar-refractivity contribution is 8.18. The van der Waals surface area contributed by atoms with Gasteiger partial charge in [-0.15, -0.1) is 16.4 Å². The summed E-state index contributed by atoms with van der Waals surface area (Å²) in [6.07, 6.45) is 5.11. The average Bonchev–Trinajstić information content (AvgIpc) is 3.49. The number of amidine groups is 1. The third-order valence-corrected chi connectivity index (χ3v) is 5.87. The molecule has 1 aliphatic heterocycles. The molecule has 0 N–H and O–H groups in total. The quantitative estimate of drug-likeness (QED) is 0.323. The molecule has 146 valence electrons. The predicted octanol–water partition coefficient (Wildman–Crippen LogP) is 4.86. The molecular formula is C21H17N3O3S2. The van der Waals surface area contributed by atoms with Gasteiger partial charge >= 0.3 is 0 Å². The van der Waals surface area contributed by atoms with E-state index in [1.165, 1.54) is 11.8 Å². The van der Waals surface area contributed by atoms with E-state index in [1.54, 1.807) is 41.9 Å². The van der Waals surface area contributed by atoms with Crippen LogP contribution in [-0.2, 0) is 11.3 Å². The Morgan fingerprint density at radius 3 is 2.72 bits per heavy atom. The Bertz CT molecular complexity index is 1050. The maximum Gasteiger partial charge on any atom is 0.267 e. The Hall–Kier alpha value is -3.10. The van der Waals surface area contributed by atoms with Crippen LogP contribution >= 0.6 is 23.1 Å². The first-order valence-corrected chi connectivity index (χ1v) is 10.4. The van der Waals surface area contributed by atoms with Crippen LogP contribution in [0.25, 0.3) is 6.08 Å². The molecule has 3 aromatic rings. The number of hydrogen-bond acceptors (Lipinski definition) is 7.